The summed E-state index contributed by atoms with van der Waals surface area (Å²) in [7, 11) is -16.9. The molecule has 0 rings (SSSR count). The van der Waals surface area contributed by atoms with Crippen LogP contribution >= 0.6 is 0 Å². The fraction of sp³-hybridized carbons (Fsp3) is 0.759. The summed E-state index contributed by atoms with van der Waals surface area (Å²) in [5, 5.41) is 0. The molecule has 0 aromatic carbocycles. The van der Waals surface area contributed by atoms with E-state index in [1.807, 2.05) is 6.92 Å². The highest BCUT2D eigenvalue weighted by Crippen LogP contribution is 2.15. The van der Waals surface area contributed by atoms with Crippen LogP contribution in [-0.4, -0.2) is 163 Å². The number of carbonyl (C=O) groups is 5. The monoisotopic (exact) mass is 1240 g/mol. The van der Waals surface area contributed by atoms with E-state index in [-0.39, 0.29) is 79.7 Å². The van der Waals surface area contributed by atoms with Gasteiger partial charge in [0, 0.05) is 52.8 Å². The molecule has 0 bridgehead atoms. The van der Waals surface area contributed by atoms with Crippen molar-refractivity contribution in [3.63, 3.8) is 0 Å². The second kappa shape index (κ2) is 52.5. The molecule has 0 fully saturated rings. The number of unbranched alkanes of at least 4 members (excludes halogenated alkanes) is 13. The number of carbonyl (C=O) groups excluding carboxylic acids is 5. The van der Waals surface area contributed by atoms with Crippen LogP contribution in [-0.2, 0) is 97.0 Å². The lowest BCUT2D eigenvalue weighted by Gasteiger charge is -2.15. The van der Waals surface area contributed by atoms with Gasteiger partial charge in [-0.1, -0.05) is 174 Å². The summed E-state index contributed by atoms with van der Waals surface area (Å²) in [4.78, 5) is 55.7. The smallest absolute Gasteiger partial charge is 0.333 e. The van der Waals surface area contributed by atoms with Crippen molar-refractivity contribution in [2.24, 2.45) is 5.92 Å². The zero-order chi connectivity index (χ0) is 62.7. The third-order valence-electron chi connectivity index (χ3n) is 10.4. The molecule has 0 heterocycles. The number of hydrogen-bond donors (Lipinski definition) is 0. The van der Waals surface area contributed by atoms with Gasteiger partial charge in [0.2, 0.25) is 0 Å². The number of esters is 5. The summed E-state index contributed by atoms with van der Waals surface area (Å²) in [6.45, 7) is 18.9. The van der Waals surface area contributed by atoms with Gasteiger partial charge in [-0.3, -0.25) is 31.2 Å². The summed E-state index contributed by atoms with van der Waals surface area (Å²) in [5.74, 6) is 9.71. The van der Waals surface area contributed by atoms with Crippen LogP contribution in [0.4, 0.5) is 0 Å². The highest BCUT2D eigenvalue weighted by molar-refractivity contribution is 7.95. The van der Waals surface area contributed by atoms with Crippen LogP contribution in [0.1, 0.15) is 196 Å². The highest BCUT2D eigenvalue weighted by atomic mass is 32.2. The molecule has 0 aromatic heterocycles. The summed E-state index contributed by atoms with van der Waals surface area (Å²) < 4.78 is 140. The number of rotatable bonds is 42. The molecular formula is C54H99O21S5-5. The van der Waals surface area contributed by atoms with E-state index in [0.717, 1.165) is 57.8 Å². The minimum Gasteiger partial charge on any atom is -0.778 e. The SMILES string of the molecule is C=C(C)C(=O)OCCCCS(=C)(=O)[O-].C=C(C)C(=O)OCCCCS(=O)(=O)[O-].C=S(=O)([O-])CCCCOC(=O)CCCCCCCC.C=S(=O)([O-])CCCOC(=O)C(CC)CCCC.C=S(=O)([O-])CCOC(=O)CCCCCCC. The van der Waals surface area contributed by atoms with Crippen molar-refractivity contribution in [3.8, 4) is 0 Å². The van der Waals surface area contributed by atoms with Gasteiger partial charge in [-0.15, -0.1) is 0 Å². The molecule has 80 heavy (non-hydrogen) atoms. The Morgan fingerprint density at radius 3 is 1.06 bits per heavy atom. The van der Waals surface area contributed by atoms with Crippen LogP contribution in [0.25, 0.3) is 0 Å². The van der Waals surface area contributed by atoms with E-state index in [2.05, 4.69) is 62.1 Å². The van der Waals surface area contributed by atoms with Gasteiger partial charge in [-0.25, -0.2) is 18.0 Å². The van der Waals surface area contributed by atoms with E-state index in [1.165, 1.54) is 45.4 Å². The molecule has 0 aliphatic carbocycles. The van der Waals surface area contributed by atoms with E-state index < -0.39 is 67.0 Å². The molecule has 0 saturated heterocycles. The standard InChI is InChI=1S/C14H28O4S.C12H24O4S.C11H22O4S.C9H16O4S.C8H14O5S/c1-3-4-5-6-7-8-11-14(15)18-12-9-10-13-19(2,16)17;1-4-6-8-11(5-2)12(13)16-9-7-10-17(3,14)15;1-3-4-5-6-7-8-11(12)15-9-10-16(2,13)14;1-8(2)9(10)13-6-4-5-7-14(3,11)12;1-7(2)8(9)13-5-3-4-6-14(10,11)12/h2-13H2,1H3,(H,16,17);11H,3-10H2,1-2H3,(H,14,15);2-10H2,1H3,(H,13,14);1,3-7H2,2H3,(H,11,12);1,3-6H2,2H3,(H,10,11,12)/p-5. The van der Waals surface area contributed by atoms with Gasteiger partial charge in [-0.2, -0.15) is 0 Å². The van der Waals surface area contributed by atoms with Gasteiger partial charge in [0.1, 0.15) is 6.61 Å². The van der Waals surface area contributed by atoms with Gasteiger partial charge in [0.05, 0.1) is 42.5 Å². The quantitative estimate of drug-likeness (QED) is 0.0140. The van der Waals surface area contributed by atoms with Crippen LogP contribution in [0.3, 0.4) is 0 Å². The Balaban J connectivity index is -0.000000294. The summed E-state index contributed by atoms with van der Waals surface area (Å²) >= 11 is 0. The normalized spacial score (nSPS) is 14.1. The summed E-state index contributed by atoms with van der Waals surface area (Å²) in [6.07, 6.45) is 19.7. The van der Waals surface area contributed by atoms with E-state index in [1.54, 1.807) is 6.92 Å². The lowest BCUT2D eigenvalue weighted by atomic mass is 10.00. The van der Waals surface area contributed by atoms with Crippen molar-refractivity contribution >= 4 is 103 Å². The zero-order valence-corrected chi connectivity index (χ0v) is 53.1. The maximum atomic E-state index is 11.6. The van der Waals surface area contributed by atoms with Crippen LogP contribution in [0.2, 0.25) is 0 Å². The van der Waals surface area contributed by atoms with Gasteiger partial charge < -0.3 is 46.4 Å². The molecule has 0 aliphatic rings. The molecule has 0 amide bonds. The second-order valence-corrected chi connectivity index (χ2v) is 28.0. The van der Waals surface area contributed by atoms with Crippen molar-refractivity contribution in [3.05, 3.63) is 24.3 Å². The van der Waals surface area contributed by atoms with Gasteiger partial charge in [-0.05, 0) is 84.5 Å². The Hall–Kier alpha value is -3.34. The minimum atomic E-state index is -4.15. The average Bonchev–Trinajstić information content (AvgIpc) is 3.32. The molecule has 0 aromatic rings. The van der Waals surface area contributed by atoms with E-state index in [4.69, 9.17) is 18.9 Å². The third kappa shape index (κ3) is 78.9. The highest BCUT2D eigenvalue weighted by Gasteiger charge is 2.17. The van der Waals surface area contributed by atoms with Crippen molar-refractivity contribution < 1.29 is 95.7 Å². The molecule has 476 valence electrons. The lowest BCUT2D eigenvalue weighted by molar-refractivity contribution is -0.149. The molecule has 0 spiro atoms. The maximum Gasteiger partial charge on any atom is 0.333 e. The Morgan fingerprint density at radius 2 is 0.713 bits per heavy atom. The first-order valence-corrected chi connectivity index (χ1v) is 36.1. The van der Waals surface area contributed by atoms with Gasteiger partial charge >= 0.3 is 29.8 Å². The molecule has 26 heteroatoms. The molecule has 5 unspecified atom stereocenters. The summed E-state index contributed by atoms with van der Waals surface area (Å²) in [5.41, 5.74) is 0.635. The topological polar surface area (TPSA) is 349 Å². The van der Waals surface area contributed by atoms with Crippen LogP contribution in [0.5, 0.6) is 0 Å². The second-order valence-electron chi connectivity index (χ2n) is 18.9. The van der Waals surface area contributed by atoms with Crippen molar-refractivity contribution in [1.29, 1.82) is 0 Å². The largest absolute Gasteiger partial charge is 0.778 e. The predicted octanol–water partition coefficient (Wildman–Crippen LogP) is 7.79. The lowest BCUT2D eigenvalue weighted by Crippen LogP contribution is -2.19. The molecule has 0 N–H and O–H groups in total. The molecule has 5 atom stereocenters. The van der Waals surface area contributed by atoms with Gasteiger partial charge in [0.15, 0.2) is 0 Å². The number of hydrogen-bond acceptors (Lipinski definition) is 21. The molecular weight excluding hydrogens is 1140 g/mol. The van der Waals surface area contributed by atoms with Crippen LogP contribution in [0, 0.1) is 5.92 Å². The molecule has 0 aliphatic heterocycles. The first-order valence-electron chi connectivity index (χ1n) is 27.3. The van der Waals surface area contributed by atoms with E-state index in [0.29, 0.717) is 69.1 Å². The zero-order valence-electron chi connectivity index (χ0n) is 49.0. The molecule has 21 nitrogen and oxygen atoms in total. The van der Waals surface area contributed by atoms with Crippen molar-refractivity contribution in [1.82, 2.24) is 0 Å². The van der Waals surface area contributed by atoms with Crippen molar-refractivity contribution in [2.75, 3.05) is 61.8 Å². The molecule has 0 saturated carbocycles. The van der Waals surface area contributed by atoms with E-state index >= 15 is 0 Å². The van der Waals surface area contributed by atoms with E-state index in [9.17, 15) is 72.0 Å². The fourth-order valence-electron chi connectivity index (χ4n) is 5.85. The predicted molar refractivity (Wildman–Crippen MR) is 320 cm³/mol. The van der Waals surface area contributed by atoms with Crippen molar-refractivity contribution in [2.45, 2.75) is 196 Å². The minimum absolute atomic E-state index is 0.0254. The third-order valence-corrected chi connectivity index (χ3v) is 14.7. The summed E-state index contributed by atoms with van der Waals surface area (Å²) in [6, 6.07) is 0. The fourth-order valence-corrected chi connectivity index (χ4v) is 8.59. The first-order chi connectivity index (χ1) is 37.0. The Kier molecular flexibility index (Phi) is 56.0. The van der Waals surface area contributed by atoms with Crippen LogP contribution in [0.15, 0.2) is 24.3 Å². The Morgan fingerprint density at radius 1 is 0.388 bits per heavy atom. The first kappa shape index (κ1) is 85.5. The Labute approximate surface area is 483 Å². The van der Waals surface area contributed by atoms with Crippen LogP contribution < -0.4 is 0 Å². The molecule has 0 radical (unpaired) electrons. The average molecular weight is 1240 g/mol. The number of ether oxygens (including phenoxy) is 5. The van der Waals surface area contributed by atoms with Gasteiger partial charge in [0.25, 0.3) is 0 Å². The Bertz CT molecular complexity index is 2190. The maximum absolute atomic E-state index is 11.6.